The zero-order chi connectivity index (χ0) is 66.9. The smallest absolute Gasteiger partial charge is 0.311 e. The molecule has 0 spiro atoms. The van der Waals surface area contributed by atoms with Gasteiger partial charge in [0, 0.05) is 6.54 Å². The molecule has 492 valence electrons. The average molecular weight is 1240 g/mol. The predicted molar refractivity (Wildman–Crippen MR) is 308 cm³/mol. The van der Waals surface area contributed by atoms with Crippen LogP contribution in [-0.4, -0.2) is 166 Å². The Morgan fingerprint density at radius 1 is 0.356 bits per heavy atom. The molecule has 3 rings (SSSR count). The van der Waals surface area contributed by atoms with E-state index in [1.807, 2.05) is 0 Å². The lowest BCUT2D eigenvalue weighted by molar-refractivity contribution is -0.173. The first kappa shape index (κ1) is 74.8. The number of fused-ring (bicyclic) bond motifs is 5. The minimum Gasteiger partial charge on any atom is -0.469 e. The van der Waals surface area contributed by atoms with Gasteiger partial charge in [-0.2, -0.15) is 0 Å². The molecule has 87 heavy (non-hydrogen) atoms. The molecule has 2 fully saturated rings. The summed E-state index contributed by atoms with van der Waals surface area (Å²) in [4.78, 5) is 170. The number of methoxy groups -OCH3 is 9. The molecular weight excluding hydrogens is 1140 g/mol. The van der Waals surface area contributed by atoms with E-state index >= 15 is 0 Å². The number of likely N-dealkylation sites (tertiary alicyclic amines) is 1. The van der Waals surface area contributed by atoms with E-state index in [1.54, 1.807) is 39.8 Å². The molecule has 0 aromatic rings. The van der Waals surface area contributed by atoms with Crippen molar-refractivity contribution >= 4 is 71.5 Å². The Balaban J connectivity index is 2.13. The molecule has 0 aromatic heterocycles. The number of hydrogen-bond acceptors (Lipinski definition) is 23. The molecule has 24 nitrogen and oxygen atoms in total. The summed E-state index contributed by atoms with van der Waals surface area (Å²) in [6.45, 7) is 18.0. The number of carbonyl (C=O) groups excluding carboxylic acids is 12. The molecule has 2 saturated heterocycles. The fourth-order valence-corrected chi connectivity index (χ4v) is 15.5. The third kappa shape index (κ3) is 15.5. The maximum Gasteiger partial charge on any atom is 0.311 e. The van der Waals surface area contributed by atoms with Gasteiger partial charge in [0.15, 0.2) is 0 Å². The third-order valence-electron chi connectivity index (χ3n) is 18.9. The van der Waals surface area contributed by atoms with Crippen LogP contribution in [0.3, 0.4) is 0 Å². The summed E-state index contributed by atoms with van der Waals surface area (Å²) < 4.78 is 59.6. The van der Waals surface area contributed by atoms with E-state index in [2.05, 4.69) is 0 Å². The van der Waals surface area contributed by atoms with Gasteiger partial charge < -0.3 is 52.1 Å². The summed E-state index contributed by atoms with van der Waals surface area (Å²) in [5.41, 5.74) is -17.4. The van der Waals surface area contributed by atoms with Gasteiger partial charge in [0.1, 0.15) is 0 Å². The average Bonchev–Trinajstić information content (AvgIpc) is 1.69. The van der Waals surface area contributed by atoms with Crippen molar-refractivity contribution in [2.24, 2.45) is 66.0 Å². The summed E-state index contributed by atoms with van der Waals surface area (Å²) in [6, 6.07) is 0. The number of rotatable bonds is 34. The summed E-state index contributed by atoms with van der Waals surface area (Å²) in [7, 11) is 10.1. The highest BCUT2D eigenvalue weighted by atomic mass is 16.6. The molecule has 0 N–H and O–H groups in total. The number of carbonyl (C=O) groups is 12. The lowest BCUT2D eigenvalue weighted by Crippen LogP contribution is -2.51. The topological polar surface area (TPSA) is 310 Å². The van der Waals surface area contributed by atoms with E-state index < -0.39 is 176 Å². The fourth-order valence-electron chi connectivity index (χ4n) is 15.5. The second-order valence-corrected chi connectivity index (χ2v) is 27.1. The summed E-state index contributed by atoms with van der Waals surface area (Å²) in [5, 5.41) is 0. The molecule has 2 bridgehead atoms. The highest BCUT2D eigenvalue weighted by Crippen LogP contribution is 2.57. The Hall–Kier alpha value is -6.46. The van der Waals surface area contributed by atoms with Gasteiger partial charge in [-0.15, -0.1) is 0 Å². The van der Waals surface area contributed by atoms with Crippen LogP contribution in [0, 0.1) is 66.0 Å². The monoisotopic (exact) mass is 1240 g/mol. The Kier molecular flexibility index (Phi) is 24.4. The van der Waals surface area contributed by atoms with Crippen LogP contribution >= 0.6 is 0 Å². The van der Waals surface area contributed by atoms with Crippen LogP contribution in [0.15, 0.2) is 12.2 Å². The van der Waals surface area contributed by atoms with Gasteiger partial charge in [-0.05, 0) is 146 Å². The molecular formula is C63H97NO23. The minimum atomic E-state index is -1.95. The van der Waals surface area contributed by atoms with E-state index in [1.165, 1.54) is 67.4 Å². The van der Waals surface area contributed by atoms with Crippen LogP contribution < -0.4 is 0 Å². The molecule has 2 amide bonds. The van der Waals surface area contributed by atoms with Gasteiger partial charge in [-0.1, -0.05) is 26.0 Å². The molecule has 3 aliphatic heterocycles. The number of imide groups is 1. The van der Waals surface area contributed by atoms with E-state index in [-0.39, 0.29) is 63.5 Å². The van der Waals surface area contributed by atoms with Crippen molar-refractivity contribution < 1.29 is 110 Å². The molecule has 0 saturated carbocycles. The van der Waals surface area contributed by atoms with Crippen molar-refractivity contribution in [1.29, 1.82) is 0 Å². The quantitative estimate of drug-likeness (QED) is 0.0210. The van der Waals surface area contributed by atoms with Gasteiger partial charge in [-0.3, -0.25) is 62.4 Å². The van der Waals surface area contributed by atoms with Gasteiger partial charge in [-0.25, -0.2) is 0 Å². The predicted octanol–water partition coefficient (Wildman–Crippen LogP) is 6.81. The Labute approximate surface area is 512 Å². The number of amides is 2. The molecule has 0 radical (unpaired) electrons. The number of esters is 10. The minimum absolute atomic E-state index is 0.00301. The zero-order valence-electron chi connectivity index (χ0n) is 55.2. The third-order valence-corrected chi connectivity index (χ3v) is 18.9. The van der Waals surface area contributed by atoms with Crippen molar-refractivity contribution in [1.82, 2.24) is 4.90 Å². The van der Waals surface area contributed by atoms with Gasteiger partial charge >= 0.3 is 59.7 Å². The number of hydrogen-bond donors (Lipinski definition) is 0. The van der Waals surface area contributed by atoms with Gasteiger partial charge in [0.2, 0.25) is 11.8 Å². The maximum atomic E-state index is 14.6. The Morgan fingerprint density at radius 3 is 0.759 bits per heavy atom. The second kappa shape index (κ2) is 28.4. The van der Waals surface area contributed by atoms with Gasteiger partial charge in [0.05, 0.1) is 149 Å². The largest absolute Gasteiger partial charge is 0.469 e. The van der Waals surface area contributed by atoms with Gasteiger partial charge in [0.25, 0.3) is 0 Å². The highest BCUT2D eigenvalue weighted by molar-refractivity contribution is 6.06. The molecule has 3 heterocycles. The second-order valence-electron chi connectivity index (χ2n) is 27.1. The van der Waals surface area contributed by atoms with Crippen LogP contribution in [0.5, 0.6) is 0 Å². The standard InChI is InChI=1S/C63H97NO23/c1-22-54(3,44(67)77-13)29-56(5,45(68)78-14)31-58(7,47(70)80-16)33-60(9,49(72)82-18)35-62(11,51(74)84-20)37-63(12,52(75)85-21)36-61(10,50(73)83-19)34-59(8,48(71)81-17)32-57(6,46(69)79-15)30-55(4,23-2)53(76)86-28-24-27-64-42(65)40-38-25-26-39(87-38)41(40)43(64)66/h25-26,38-41H,22-24,27-37H2,1-21H3. The molecule has 3 aliphatic rings. The SMILES string of the molecule is CCC(C)(CC(C)(CC(C)(CC(C)(CC(C)(CC(C)(CC(C)(CC(C)(CC(C)(CC(C)(CC)C(=O)OCCCN1C(=O)C2C3C=CC(O3)C2C1=O)C(=O)OC)C(=O)OC)C(=O)OC)C(=O)OC)C(=O)OC)C(=O)OC)C(=O)OC)C(=O)OC)C(=O)OC. The first-order valence-corrected chi connectivity index (χ1v) is 29.3. The molecule has 14 atom stereocenters. The number of nitrogens with zero attached hydrogens (tertiary/aromatic N) is 1. The van der Waals surface area contributed by atoms with E-state index in [0.29, 0.717) is 0 Å². The zero-order valence-corrected chi connectivity index (χ0v) is 55.2. The lowest BCUT2D eigenvalue weighted by Gasteiger charge is -2.47. The van der Waals surface area contributed by atoms with E-state index in [4.69, 9.17) is 52.1 Å². The Morgan fingerprint density at radius 2 is 0.552 bits per heavy atom. The molecule has 24 heteroatoms. The van der Waals surface area contributed by atoms with Crippen LogP contribution in [0.25, 0.3) is 0 Å². The summed E-state index contributed by atoms with van der Waals surface area (Å²) in [6.07, 6.45) is -0.778. The van der Waals surface area contributed by atoms with Crippen LogP contribution in [0.4, 0.5) is 0 Å². The first-order valence-electron chi connectivity index (χ1n) is 29.3. The Bertz CT molecular complexity index is 2640. The fraction of sp³-hybridized carbons (Fsp3) is 0.778. The molecule has 0 aromatic carbocycles. The number of ether oxygens (including phenoxy) is 11. The lowest BCUT2D eigenvalue weighted by atomic mass is 9.56. The van der Waals surface area contributed by atoms with Crippen LogP contribution in [0.1, 0.15) is 160 Å². The van der Waals surface area contributed by atoms with Crippen molar-refractivity contribution in [3.8, 4) is 0 Å². The summed E-state index contributed by atoms with van der Waals surface area (Å²) in [5.74, 6) is -10.4. The highest BCUT2D eigenvalue weighted by Gasteiger charge is 2.63. The maximum absolute atomic E-state index is 14.6. The van der Waals surface area contributed by atoms with E-state index in [0.717, 1.165) is 56.9 Å². The first-order chi connectivity index (χ1) is 40.1. The summed E-state index contributed by atoms with van der Waals surface area (Å²) >= 11 is 0. The molecule has 14 unspecified atom stereocenters. The van der Waals surface area contributed by atoms with Crippen molar-refractivity contribution in [3.63, 3.8) is 0 Å². The van der Waals surface area contributed by atoms with Crippen molar-refractivity contribution in [2.75, 3.05) is 77.1 Å². The van der Waals surface area contributed by atoms with Crippen molar-refractivity contribution in [2.45, 2.75) is 172 Å². The van der Waals surface area contributed by atoms with Crippen molar-refractivity contribution in [3.05, 3.63) is 12.2 Å². The normalized spacial score (nSPS) is 23.8. The van der Waals surface area contributed by atoms with Crippen LogP contribution in [-0.2, 0) is 110 Å². The molecule has 0 aliphatic carbocycles. The van der Waals surface area contributed by atoms with E-state index in [9.17, 15) is 57.5 Å². The van der Waals surface area contributed by atoms with Crippen LogP contribution in [0.2, 0.25) is 0 Å².